The van der Waals surface area contributed by atoms with Crippen LogP contribution in [0.25, 0.3) is 10.1 Å². The number of methoxy groups -OCH3 is 1. The van der Waals surface area contributed by atoms with Gasteiger partial charge in [-0.25, -0.2) is 0 Å². The van der Waals surface area contributed by atoms with E-state index in [4.69, 9.17) is 10.5 Å². The number of rotatable bonds is 2. The van der Waals surface area contributed by atoms with Gasteiger partial charge in [0, 0.05) is 32.0 Å². The van der Waals surface area contributed by atoms with Gasteiger partial charge in [-0.15, -0.1) is 11.3 Å². The van der Waals surface area contributed by atoms with E-state index in [2.05, 4.69) is 15.9 Å². The molecule has 2 N–H and O–H groups in total. The van der Waals surface area contributed by atoms with Gasteiger partial charge in [-0.1, -0.05) is 15.9 Å². The zero-order chi connectivity index (χ0) is 10.1. The van der Waals surface area contributed by atoms with Crippen molar-refractivity contribution in [1.29, 1.82) is 0 Å². The maximum Gasteiger partial charge on any atom is 0.137 e. The molecule has 14 heavy (non-hydrogen) atoms. The molecule has 0 radical (unpaired) electrons. The van der Waals surface area contributed by atoms with Crippen LogP contribution >= 0.6 is 27.3 Å². The average Bonchev–Trinajstić information content (AvgIpc) is 2.60. The Morgan fingerprint density at radius 1 is 1.50 bits per heavy atom. The highest BCUT2D eigenvalue weighted by Gasteiger charge is 2.09. The smallest absolute Gasteiger partial charge is 0.137 e. The Bertz CT molecular complexity index is 466. The molecule has 0 saturated carbocycles. The molecular formula is C10H10BrNOS. The summed E-state index contributed by atoms with van der Waals surface area (Å²) in [6.45, 7) is 0. The molecule has 0 atom stereocenters. The number of benzene rings is 1. The van der Waals surface area contributed by atoms with Crippen molar-refractivity contribution in [3.8, 4) is 5.75 Å². The monoisotopic (exact) mass is 271 g/mol. The minimum atomic E-state index is 0.778. The van der Waals surface area contributed by atoms with Crippen LogP contribution < -0.4 is 10.5 Å². The van der Waals surface area contributed by atoms with E-state index in [1.807, 2.05) is 17.5 Å². The first-order chi connectivity index (χ1) is 6.77. The van der Waals surface area contributed by atoms with Crippen LogP contribution in [0.2, 0.25) is 0 Å². The molecule has 4 heteroatoms. The van der Waals surface area contributed by atoms with Gasteiger partial charge in [-0.05, 0) is 12.1 Å². The van der Waals surface area contributed by atoms with E-state index in [0.717, 1.165) is 27.7 Å². The van der Waals surface area contributed by atoms with Crippen molar-refractivity contribution >= 4 is 43.0 Å². The van der Waals surface area contributed by atoms with Crippen LogP contribution in [0.1, 0.15) is 5.56 Å². The minimum Gasteiger partial charge on any atom is -0.495 e. The van der Waals surface area contributed by atoms with Crippen molar-refractivity contribution in [1.82, 2.24) is 0 Å². The Morgan fingerprint density at radius 2 is 2.29 bits per heavy atom. The standard InChI is InChI=1S/C10H10BrNOS/c1-13-9-5-14-10-6(9)2-3-8(12)7(10)4-11/h2-3,5H,4,12H2,1H3. The summed E-state index contributed by atoms with van der Waals surface area (Å²) in [6, 6.07) is 3.93. The third kappa shape index (κ3) is 1.38. The van der Waals surface area contributed by atoms with E-state index < -0.39 is 0 Å². The number of hydrogen-bond acceptors (Lipinski definition) is 3. The van der Waals surface area contributed by atoms with Crippen molar-refractivity contribution in [2.75, 3.05) is 12.8 Å². The quantitative estimate of drug-likeness (QED) is 0.671. The lowest BCUT2D eigenvalue weighted by Crippen LogP contribution is -1.91. The summed E-state index contributed by atoms with van der Waals surface area (Å²) in [5.41, 5.74) is 7.86. The molecule has 2 aromatic rings. The Kier molecular flexibility index (Phi) is 2.65. The van der Waals surface area contributed by atoms with E-state index in [0.29, 0.717) is 0 Å². The van der Waals surface area contributed by atoms with Crippen LogP contribution in [-0.4, -0.2) is 7.11 Å². The maximum absolute atomic E-state index is 5.88. The summed E-state index contributed by atoms with van der Waals surface area (Å²) >= 11 is 5.12. The predicted octanol–water partition coefficient (Wildman–Crippen LogP) is 3.39. The van der Waals surface area contributed by atoms with Crippen LogP contribution in [0.3, 0.4) is 0 Å². The van der Waals surface area contributed by atoms with Gasteiger partial charge < -0.3 is 10.5 Å². The molecule has 0 spiro atoms. The van der Waals surface area contributed by atoms with Crippen LogP contribution in [0.15, 0.2) is 17.5 Å². The third-order valence-corrected chi connectivity index (χ3v) is 3.79. The fraction of sp³-hybridized carbons (Fsp3) is 0.200. The van der Waals surface area contributed by atoms with Crippen molar-refractivity contribution in [3.63, 3.8) is 0 Å². The zero-order valence-corrected chi connectivity index (χ0v) is 10.1. The molecule has 2 rings (SSSR count). The average molecular weight is 272 g/mol. The van der Waals surface area contributed by atoms with Gasteiger partial charge >= 0.3 is 0 Å². The largest absolute Gasteiger partial charge is 0.495 e. The second-order valence-electron chi connectivity index (χ2n) is 2.95. The molecular weight excluding hydrogens is 262 g/mol. The number of halogens is 1. The molecule has 0 bridgehead atoms. The highest BCUT2D eigenvalue weighted by atomic mass is 79.9. The number of nitrogens with two attached hydrogens (primary N) is 1. The van der Waals surface area contributed by atoms with Crippen LogP contribution in [0.4, 0.5) is 5.69 Å². The van der Waals surface area contributed by atoms with Crippen LogP contribution in [0, 0.1) is 0 Å². The minimum absolute atomic E-state index is 0.778. The number of thiophene rings is 1. The van der Waals surface area contributed by atoms with Gasteiger partial charge in [0.1, 0.15) is 5.75 Å². The fourth-order valence-electron chi connectivity index (χ4n) is 1.44. The molecule has 0 amide bonds. The Balaban J connectivity index is 2.76. The van der Waals surface area contributed by atoms with Gasteiger partial charge in [0.2, 0.25) is 0 Å². The van der Waals surface area contributed by atoms with E-state index in [9.17, 15) is 0 Å². The molecule has 0 aliphatic rings. The lowest BCUT2D eigenvalue weighted by molar-refractivity contribution is 0.421. The number of nitrogen functional groups attached to an aromatic ring is 1. The summed E-state index contributed by atoms with van der Waals surface area (Å²) in [6.07, 6.45) is 0. The second kappa shape index (κ2) is 3.79. The van der Waals surface area contributed by atoms with E-state index in [-0.39, 0.29) is 0 Å². The number of hydrogen-bond donors (Lipinski definition) is 1. The highest BCUT2D eigenvalue weighted by molar-refractivity contribution is 9.08. The maximum atomic E-state index is 5.88. The molecule has 1 heterocycles. The van der Waals surface area contributed by atoms with Crippen molar-refractivity contribution in [2.24, 2.45) is 0 Å². The van der Waals surface area contributed by atoms with Crippen LogP contribution in [0.5, 0.6) is 5.75 Å². The van der Waals surface area contributed by atoms with E-state index in [1.54, 1.807) is 18.4 Å². The Hall–Kier alpha value is -0.740. The Morgan fingerprint density at radius 3 is 2.93 bits per heavy atom. The lowest BCUT2D eigenvalue weighted by atomic mass is 10.1. The molecule has 0 aliphatic heterocycles. The Labute approximate surface area is 94.8 Å². The summed E-state index contributed by atoms with van der Waals surface area (Å²) in [5.74, 6) is 0.923. The molecule has 0 unspecified atom stereocenters. The van der Waals surface area contributed by atoms with E-state index in [1.165, 1.54) is 4.70 Å². The predicted molar refractivity (Wildman–Crippen MR) is 65.4 cm³/mol. The second-order valence-corrected chi connectivity index (χ2v) is 4.39. The third-order valence-electron chi connectivity index (χ3n) is 2.20. The number of ether oxygens (including phenoxy) is 1. The first-order valence-corrected chi connectivity index (χ1v) is 6.16. The van der Waals surface area contributed by atoms with Gasteiger partial charge in [0.05, 0.1) is 7.11 Å². The molecule has 0 aliphatic carbocycles. The number of alkyl halides is 1. The number of fused-ring (bicyclic) bond motifs is 1. The van der Waals surface area contributed by atoms with Gasteiger partial charge in [0.15, 0.2) is 0 Å². The summed E-state index contributed by atoms with van der Waals surface area (Å²) in [7, 11) is 1.69. The zero-order valence-electron chi connectivity index (χ0n) is 7.71. The van der Waals surface area contributed by atoms with Crippen molar-refractivity contribution < 1.29 is 4.74 Å². The molecule has 1 aromatic heterocycles. The molecule has 0 saturated heterocycles. The van der Waals surface area contributed by atoms with Crippen molar-refractivity contribution in [3.05, 3.63) is 23.1 Å². The lowest BCUT2D eigenvalue weighted by Gasteiger charge is -2.03. The van der Waals surface area contributed by atoms with Crippen molar-refractivity contribution in [2.45, 2.75) is 5.33 Å². The highest BCUT2D eigenvalue weighted by Crippen LogP contribution is 2.37. The molecule has 0 fully saturated rings. The van der Waals surface area contributed by atoms with Gasteiger partial charge in [-0.2, -0.15) is 0 Å². The molecule has 74 valence electrons. The molecule has 1 aromatic carbocycles. The normalized spacial score (nSPS) is 10.7. The summed E-state index contributed by atoms with van der Waals surface area (Å²) in [5, 5.41) is 3.93. The summed E-state index contributed by atoms with van der Waals surface area (Å²) in [4.78, 5) is 0. The SMILES string of the molecule is COc1csc2c(CBr)c(N)ccc12. The van der Waals surface area contributed by atoms with Crippen LogP contribution in [-0.2, 0) is 5.33 Å². The topological polar surface area (TPSA) is 35.2 Å². The fourth-order valence-corrected chi connectivity index (χ4v) is 3.31. The first kappa shape index (κ1) is 9.80. The van der Waals surface area contributed by atoms with Gasteiger partial charge in [-0.3, -0.25) is 0 Å². The molecule has 2 nitrogen and oxygen atoms in total. The number of anilines is 1. The first-order valence-electron chi connectivity index (χ1n) is 4.16. The van der Waals surface area contributed by atoms with E-state index >= 15 is 0 Å². The summed E-state index contributed by atoms with van der Waals surface area (Å²) < 4.78 is 6.47. The van der Waals surface area contributed by atoms with Gasteiger partial charge in [0.25, 0.3) is 0 Å².